The molecule has 0 aromatic heterocycles. The summed E-state index contributed by atoms with van der Waals surface area (Å²) in [5.41, 5.74) is -0.459. The van der Waals surface area contributed by atoms with Gasteiger partial charge in [0, 0.05) is 17.4 Å². The molecule has 3 nitrogen and oxygen atoms in total. The zero-order valence-corrected chi connectivity index (χ0v) is 15.9. The van der Waals surface area contributed by atoms with Gasteiger partial charge < -0.3 is 10.1 Å². The van der Waals surface area contributed by atoms with Crippen LogP contribution in [0.15, 0.2) is 0 Å². The molecule has 0 fully saturated rings. The Bertz CT molecular complexity index is 343. The molecule has 1 amide bonds. The first-order valence-corrected chi connectivity index (χ1v) is 8.21. The van der Waals surface area contributed by atoms with Gasteiger partial charge in [-0.2, -0.15) is 0 Å². The summed E-state index contributed by atoms with van der Waals surface area (Å²) < 4.78 is 6.25. The predicted octanol–water partition coefficient (Wildman–Crippen LogP) is 4.40. The minimum Gasteiger partial charge on any atom is -0.374 e. The lowest BCUT2D eigenvalue weighted by Crippen LogP contribution is -2.52. The van der Waals surface area contributed by atoms with E-state index in [9.17, 15) is 4.79 Å². The number of hydrogen-bond donors (Lipinski definition) is 1. The lowest BCUT2D eigenvalue weighted by atomic mass is 9.68. The van der Waals surface area contributed by atoms with Gasteiger partial charge in [-0.25, -0.2) is 0 Å². The van der Waals surface area contributed by atoms with Crippen molar-refractivity contribution in [3.63, 3.8) is 0 Å². The minimum absolute atomic E-state index is 0.0985. The molecule has 0 heterocycles. The first-order chi connectivity index (χ1) is 9.27. The Morgan fingerprint density at radius 1 is 1.05 bits per heavy atom. The average Bonchev–Trinajstić information content (AvgIpc) is 2.34. The van der Waals surface area contributed by atoms with Crippen molar-refractivity contribution in [3.8, 4) is 0 Å². The van der Waals surface area contributed by atoms with Gasteiger partial charge in [-0.3, -0.25) is 4.79 Å². The molecule has 0 spiro atoms. The number of hydrogen-bond acceptors (Lipinski definition) is 2. The second kappa shape index (κ2) is 7.13. The standard InChI is InChI=1S/C18H37NO2/c1-11-16(5,6)12-21-18(9,10)17(7,8)14(4)15(20)19-13(2)3/h13-14H,11-12H2,1-10H3,(H,19,20). The van der Waals surface area contributed by atoms with Crippen LogP contribution in [-0.2, 0) is 9.53 Å². The Kier molecular flexibility index (Phi) is 6.93. The smallest absolute Gasteiger partial charge is 0.223 e. The van der Waals surface area contributed by atoms with Crippen LogP contribution >= 0.6 is 0 Å². The molecule has 1 unspecified atom stereocenters. The molecule has 0 rings (SSSR count). The molecule has 21 heavy (non-hydrogen) atoms. The number of carbonyl (C=O) groups excluding carboxylic acids is 1. The van der Waals surface area contributed by atoms with E-state index in [-0.39, 0.29) is 34.3 Å². The van der Waals surface area contributed by atoms with Crippen molar-refractivity contribution in [2.75, 3.05) is 6.61 Å². The highest BCUT2D eigenvalue weighted by atomic mass is 16.5. The Hall–Kier alpha value is -0.570. The van der Waals surface area contributed by atoms with E-state index < -0.39 is 0 Å². The van der Waals surface area contributed by atoms with Crippen molar-refractivity contribution in [1.29, 1.82) is 0 Å². The van der Waals surface area contributed by atoms with Crippen LogP contribution in [0.5, 0.6) is 0 Å². The van der Waals surface area contributed by atoms with Gasteiger partial charge in [0.15, 0.2) is 0 Å². The van der Waals surface area contributed by atoms with Crippen molar-refractivity contribution in [2.45, 2.75) is 87.3 Å². The Morgan fingerprint density at radius 2 is 1.52 bits per heavy atom. The molecule has 0 bridgehead atoms. The fourth-order valence-electron chi connectivity index (χ4n) is 1.92. The van der Waals surface area contributed by atoms with Crippen LogP contribution in [0.1, 0.15) is 75.7 Å². The van der Waals surface area contributed by atoms with Crippen molar-refractivity contribution < 1.29 is 9.53 Å². The molecule has 0 aliphatic heterocycles. The molecule has 1 N–H and O–H groups in total. The Labute approximate surface area is 132 Å². The summed E-state index contributed by atoms with van der Waals surface area (Å²) in [6.45, 7) is 21.7. The second-order valence-electron chi connectivity index (χ2n) is 8.42. The van der Waals surface area contributed by atoms with E-state index in [4.69, 9.17) is 4.74 Å². The highest BCUT2D eigenvalue weighted by Crippen LogP contribution is 2.41. The van der Waals surface area contributed by atoms with Crippen LogP contribution in [-0.4, -0.2) is 24.2 Å². The van der Waals surface area contributed by atoms with E-state index in [0.29, 0.717) is 6.61 Å². The topological polar surface area (TPSA) is 38.3 Å². The maximum Gasteiger partial charge on any atom is 0.223 e. The summed E-state index contributed by atoms with van der Waals surface area (Å²) in [4.78, 5) is 12.3. The molecule has 0 aromatic rings. The maximum atomic E-state index is 12.3. The van der Waals surface area contributed by atoms with Gasteiger partial charge in [0.2, 0.25) is 5.91 Å². The van der Waals surface area contributed by atoms with Crippen molar-refractivity contribution in [3.05, 3.63) is 0 Å². The highest BCUT2D eigenvalue weighted by Gasteiger charge is 2.45. The number of nitrogens with one attached hydrogen (secondary N) is 1. The van der Waals surface area contributed by atoms with Crippen LogP contribution in [0.3, 0.4) is 0 Å². The van der Waals surface area contributed by atoms with E-state index in [0.717, 1.165) is 6.42 Å². The summed E-state index contributed by atoms with van der Waals surface area (Å²) in [5, 5.41) is 3.01. The number of amides is 1. The normalized spacial score (nSPS) is 15.2. The molecule has 1 atom stereocenters. The van der Waals surface area contributed by atoms with Gasteiger partial charge in [-0.15, -0.1) is 0 Å². The van der Waals surface area contributed by atoms with E-state index in [1.807, 2.05) is 20.8 Å². The van der Waals surface area contributed by atoms with Crippen LogP contribution in [0.25, 0.3) is 0 Å². The molecule has 126 valence electrons. The largest absolute Gasteiger partial charge is 0.374 e. The molecule has 0 saturated heterocycles. The summed E-state index contributed by atoms with van der Waals surface area (Å²) in [6.07, 6.45) is 1.08. The van der Waals surface area contributed by atoms with Gasteiger partial charge in [0.05, 0.1) is 12.2 Å². The third kappa shape index (κ3) is 5.61. The van der Waals surface area contributed by atoms with E-state index in [1.54, 1.807) is 0 Å². The van der Waals surface area contributed by atoms with Crippen molar-refractivity contribution in [1.82, 2.24) is 5.32 Å². The lowest BCUT2D eigenvalue weighted by molar-refractivity contribution is -0.154. The summed E-state index contributed by atoms with van der Waals surface area (Å²) in [6, 6.07) is 0.166. The van der Waals surface area contributed by atoms with Crippen LogP contribution < -0.4 is 5.32 Å². The molecular weight excluding hydrogens is 262 g/mol. The van der Waals surface area contributed by atoms with Crippen LogP contribution in [0.4, 0.5) is 0 Å². The van der Waals surface area contributed by atoms with Crippen molar-refractivity contribution >= 4 is 5.91 Å². The van der Waals surface area contributed by atoms with Crippen molar-refractivity contribution in [2.24, 2.45) is 16.7 Å². The monoisotopic (exact) mass is 299 g/mol. The average molecular weight is 299 g/mol. The van der Waals surface area contributed by atoms with E-state index in [2.05, 4.69) is 53.8 Å². The summed E-state index contributed by atoms with van der Waals surface area (Å²) >= 11 is 0. The quantitative estimate of drug-likeness (QED) is 0.721. The van der Waals surface area contributed by atoms with Crippen LogP contribution in [0, 0.1) is 16.7 Å². The summed E-state index contributed by atoms with van der Waals surface area (Å²) in [7, 11) is 0. The Balaban J connectivity index is 4.97. The molecule has 0 aliphatic carbocycles. The summed E-state index contributed by atoms with van der Waals surface area (Å²) in [5.74, 6) is -0.0129. The highest BCUT2D eigenvalue weighted by molar-refractivity contribution is 5.79. The van der Waals surface area contributed by atoms with E-state index >= 15 is 0 Å². The van der Waals surface area contributed by atoms with E-state index in [1.165, 1.54) is 0 Å². The molecule has 3 heteroatoms. The van der Waals surface area contributed by atoms with Gasteiger partial charge in [-0.1, -0.05) is 41.5 Å². The third-order valence-electron chi connectivity index (χ3n) is 5.24. The second-order valence-corrected chi connectivity index (χ2v) is 8.42. The maximum absolute atomic E-state index is 12.3. The first kappa shape index (κ1) is 20.4. The van der Waals surface area contributed by atoms with Gasteiger partial charge in [0.25, 0.3) is 0 Å². The lowest BCUT2D eigenvalue weighted by Gasteiger charge is -2.46. The number of carbonyl (C=O) groups is 1. The fraction of sp³-hybridized carbons (Fsp3) is 0.944. The first-order valence-electron chi connectivity index (χ1n) is 8.21. The van der Waals surface area contributed by atoms with Gasteiger partial charge >= 0.3 is 0 Å². The minimum atomic E-state index is -0.368. The SMILES string of the molecule is CCC(C)(C)COC(C)(C)C(C)(C)C(C)C(=O)NC(C)C. The predicted molar refractivity (Wildman–Crippen MR) is 90.3 cm³/mol. The number of rotatable bonds is 8. The Morgan fingerprint density at radius 3 is 1.90 bits per heavy atom. The zero-order chi connectivity index (χ0) is 17.1. The molecule has 0 aliphatic rings. The third-order valence-corrected chi connectivity index (χ3v) is 5.24. The molecule has 0 radical (unpaired) electrons. The van der Waals surface area contributed by atoms with Crippen LogP contribution in [0.2, 0.25) is 0 Å². The molecule has 0 aromatic carbocycles. The zero-order valence-electron chi connectivity index (χ0n) is 15.9. The number of ether oxygens (including phenoxy) is 1. The molecular formula is C18H37NO2. The van der Waals surface area contributed by atoms with Gasteiger partial charge in [0.1, 0.15) is 0 Å². The molecule has 0 saturated carbocycles. The fourth-order valence-corrected chi connectivity index (χ4v) is 1.92. The van der Waals surface area contributed by atoms with Gasteiger partial charge in [-0.05, 0) is 39.5 Å².